The smallest absolute Gasteiger partial charge is 0.264 e. The third-order valence-electron chi connectivity index (χ3n) is 3.15. The minimum Gasteiger partial charge on any atom is -0.442 e. The molecule has 0 saturated heterocycles. The van der Waals surface area contributed by atoms with Gasteiger partial charge in [0.05, 0.1) is 37.4 Å². The van der Waals surface area contributed by atoms with E-state index in [0.717, 1.165) is 5.69 Å². The van der Waals surface area contributed by atoms with Gasteiger partial charge in [-0.15, -0.1) is 0 Å². The highest BCUT2D eigenvalue weighted by molar-refractivity contribution is 5.87. The van der Waals surface area contributed by atoms with Crippen LogP contribution in [-0.2, 0) is 6.54 Å². The topological polar surface area (TPSA) is 131 Å². The number of nitrogens with one attached hydrogen (secondary N) is 2. The Morgan fingerprint density at radius 2 is 2.26 bits per heavy atom. The van der Waals surface area contributed by atoms with E-state index in [0.29, 0.717) is 35.1 Å². The van der Waals surface area contributed by atoms with Crippen LogP contribution in [0.5, 0.6) is 0 Å². The van der Waals surface area contributed by atoms with Crippen LogP contribution in [0.3, 0.4) is 0 Å². The summed E-state index contributed by atoms with van der Waals surface area (Å²) in [5, 5.41) is 23.1. The highest BCUT2D eigenvalue weighted by atomic mass is 16.3. The van der Waals surface area contributed by atoms with Crippen LogP contribution in [0.25, 0.3) is 22.7 Å². The molecule has 4 rings (SSSR count). The molecule has 3 N–H and O–H groups in total. The Bertz CT molecular complexity index is 927. The van der Waals surface area contributed by atoms with E-state index in [9.17, 15) is 0 Å². The third-order valence-corrected chi connectivity index (χ3v) is 3.15. The molecule has 116 valence electrons. The molecule has 10 heteroatoms. The molecule has 4 aromatic heterocycles. The fourth-order valence-electron chi connectivity index (χ4n) is 2.15. The molecule has 4 aromatic rings. The molecule has 0 spiro atoms. The van der Waals surface area contributed by atoms with Crippen molar-refractivity contribution >= 4 is 22.5 Å². The number of aromatic nitrogens is 7. The van der Waals surface area contributed by atoms with Gasteiger partial charge in [0.2, 0.25) is 5.82 Å². The van der Waals surface area contributed by atoms with Gasteiger partial charge >= 0.3 is 0 Å². The number of anilines is 2. The maximum atomic E-state index is 8.94. The zero-order valence-electron chi connectivity index (χ0n) is 11.8. The molecule has 0 bridgehead atoms. The molecule has 0 aromatic carbocycles. The molecule has 23 heavy (non-hydrogen) atoms. The maximum Gasteiger partial charge on any atom is 0.264 e. The minimum absolute atomic E-state index is 0.0216. The van der Waals surface area contributed by atoms with Gasteiger partial charge in [0.1, 0.15) is 17.3 Å². The van der Waals surface area contributed by atoms with Crippen LogP contribution in [0, 0.1) is 0 Å². The van der Waals surface area contributed by atoms with Crippen molar-refractivity contribution in [2.75, 3.05) is 11.9 Å². The zero-order chi connectivity index (χ0) is 15.6. The van der Waals surface area contributed by atoms with Crippen molar-refractivity contribution < 1.29 is 9.52 Å². The van der Waals surface area contributed by atoms with Crippen molar-refractivity contribution in [1.82, 2.24) is 34.9 Å². The van der Waals surface area contributed by atoms with Crippen molar-refractivity contribution in [1.29, 1.82) is 0 Å². The molecule has 0 saturated carbocycles. The van der Waals surface area contributed by atoms with E-state index in [1.165, 1.54) is 12.5 Å². The number of oxazole rings is 1. The number of hydrogen-bond acceptors (Lipinski definition) is 8. The van der Waals surface area contributed by atoms with Gasteiger partial charge in [-0.1, -0.05) is 0 Å². The van der Waals surface area contributed by atoms with E-state index in [1.54, 1.807) is 23.3 Å². The first kappa shape index (κ1) is 13.4. The van der Waals surface area contributed by atoms with Crippen LogP contribution in [0.15, 0.2) is 35.5 Å². The van der Waals surface area contributed by atoms with Gasteiger partial charge in [-0.05, 0) is 0 Å². The number of H-pyrrole nitrogens is 1. The predicted octanol–water partition coefficient (Wildman–Crippen LogP) is 0.940. The maximum absolute atomic E-state index is 8.94. The Hall–Kier alpha value is -3.27. The van der Waals surface area contributed by atoms with Crippen LogP contribution in [0.2, 0.25) is 0 Å². The first-order valence-electron chi connectivity index (χ1n) is 6.85. The average molecular weight is 312 g/mol. The fourth-order valence-corrected chi connectivity index (χ4v) is 2.15. The monoisotopic (exact) mass is 312 g/mol. The molecule has 0 radical (unpaired) electrons. The van der Waals surface area contributed by atoms with Gasteiger partial charge in [-0.25, -0.2) is 15.0 Å². The Balaban J connectivity index is 1.74. The Morgan fingerprint density at radius 3 is 3.09 bits per heavy atom. The largest absolute Gasteiger partial charge is 0.442 e. The average Bonchev–Trinajstić information content (AvgIpc) is 3.29. The molecular weight excluding hydrogens is 300 g/mol. The first-order valence-corrected chi connectivity index (χ1v) is 6.85. The molecule has 0 unspecified atom stereocenters. The van der Waals surface area contributed by atoms with E-state index < -0.39 is 0 Å². The Morgan fingerprint density at radius 1 is 1.30 bits per heavy atom. The molecule has 0 aliphatic heterocycles. The second-order valence-electron chi connectivity index (χ2n) is 4.70. The van der Waals surface area contributed by atoms with Crippen molar-refractivity contribution in [3.05, 3.63) is 31.1 Å². The number of hydrogen-bond donors (Lipinski definition) is 3. The van der Waals surface area contributed by atoms with Gasteiger partial charge in [-0.3, -0.25) is 9.78 Å². The lowest BCUT2D eigenvalue weighted by molar-refractivity contribution is 0.269. The van der Waals surface area contributed by atoms with Crippen molar-refractivity contribution in [3.8, 4) is 11.7 Å². The van der Waals surface area contributed by atoms with Crippen molar-refractivity contribution in [3.63, 3.8) is 0 Å². The van der Waals surface area contributed by atoms with Gasteiger partial charge in [0.15, 0.2) is 5.82 Å². The summed E-state index contributed by atoms with van der Waals surface area (Å²) in [7, 11) is 0. The second kappa shape index (κ2) is 5.50. The standard InChI is InChI=1S/C13H12N8O2/c22-3-2-21-7-8(5-16-21)17-11-10-9(6-15-20-10)18-12(19-11)13-14-1-4-23-13/h1,4-7,22H,2-3H2,(H,15,20)(H,17,18,19). The molecule has 0 aliphatic carbocycles. The van der Waals surface area contributed by atoms with Crippen LogP contribution in [-0.4, -0.2) is 46.6 Å². The molecular formula is C13H12N8O2. The van der Waals surface area contributed by atoms with Crippen LogP contribution < -0.4 is 5.32 Å². The molecule has 0 aliphatic rings. The number of fused-ring (bicyclic) bond motifs is 1. The van der Waals surface area contributed by atoms with Crippen LogP contribution >= 0.6 is 0 Å². The summed E-state index contributed by atoms with van der Waals surface area (Å²) >= 11 is 0. The van der Waals surface area contributed by atoms with Gasteiger partial charge in [0.25, 0.3) is 5.89 Å². The quantitative estimate of drug-likeness (QED) is 0.496. The van der Waals surface area contributed by atoms with E-state index in [2.05, 4.69) is 35.6 Å². The normalized spacial score (nSPS) is 11.2. The summed E-state index contributed by atoms with van der Waals surface area (Å²) in [6.45, 7) is 0.445. The van der Waals surface area contributed by atoms with Crippen LogP contribution in [0.1, 0.15) is 0 Å². The molecule has 4 heterocycles. The number of aromatic amines is 1. The molecule has 10 nitrogen and oxygen atoms in total. The SMILES string of the molecule is OCCn1cc(Nc2nc(-c3ncco3)nc3cn[nH]c23)cn1. The summed E-state index contributed by atoms with van der Waals surface area (Å²) in [6, 6.07) is 0. The number of nitrogens with zero attached hydrogens (tertiary/aromatic N) is 6. The summed E-state index contributed by atoms with van der Waals surface area (Å²) in [4.78, 5) is 12.8. The van der Waals surface area contributed by atoms with E-state index in [4.69, 9.17) is 9.52 Å². The molecule has 0 amide bonds. The van der Waals surface area contributed by atoms with Crippen molar-refractivity contribution in [2.45, 2.75) is 6.54 Å². The lowest BCUT2D eigenvalue weighted by atomic mass is 10.4. The number of aliphatic hydroxyl groups is 1. The Labute approximate surface area is 129 Å². The lowest BCUT2D eigenvalue weighted by Crippen LogP contribution is -2.02. The van der Waals surface area contributed by atoms with Crippen molar-refractivity contribution in [2.24, 2.45) is 0 Å². The van der Waals surface area contributed by atoms with Crippen LogP contribution in [0.4, 0.5) is 11.5 Å². The van der Waals surface area contributed by atoms with Gasteiger partial charge in [-0.2, -0.15) is 10.2 Å². The Kier molecular flexibility index (Phi) is 3.20. The molecule has 0 fully saturated rings. The summed E-state index contributed by atoms with van der Waals surface area (Å²) < 4.78 is 6.88. The third kappa shape index (κ3) is 2.51. The predicted molar refractivity (Wildman–Crippen MR) is 79.8 cm³/mol. The minimum atomic E-state index is 0.0216. The van der Waals surface area contributed by atoms with Gasteiger partial charge < -0.3 is 14.8 Å². The number of aliphatic hydroxyl groups excluding tert-OH is 1. The second-order valence-corrected chi connectivity index (χ2v) is 4.70. The summed E-state index contributed by atoms with van der Waals surface area (Å²) in [6.07, 6.45) is 8.01. The zero-order valence-corrected chi connectivity index (χ0v) is 11.8. The summed E-state index contributed by atoms with van der Waals surface area (Å²) in [5.74, 6) is 1.21. The highest BCUT2D eigenvalue weighted by Crippen LogP contribution is 2.24. The number of rotatable bonds is 5. The highest BCUT2D eigenvalue weighted by Gasteiger charge is 2.14. The van der Waals surface area contributed by atoms with E-state index in [1.807, 2.05) is 0 Å². The van der Waals surface area contributed by atoms with E-state index >= 15 is 0 Å². The fraction of sp³-hybridized carbons (Fsp3) is 0.154. The lowest BCUT2D eigenvalue weighted by Gasteiger charge is -2.05. The first-order chi connectivity index (χ1) is 11.3. The molecule has 0 atom stereocenters. The van der Waals surface area contributed by atoms with Gasteiger partial charge in [0, 0.05) is 6.20 Å². The summed E-state index contributed by atoms with van der Waals surface area (Å²) in [5.41, 5.74) is 2.03. The van der Waals surface area contributed by atoms with E-state index in [-0.39, 0.29) is 6.61 Å².